The Morgan fingerprint density at radius 3 is 2.43 bits per heavy atom. The van der Waals surface area contributed by atoms with Crippen LogP contribution in [0.25, 0.3) is 11.0 Å². The number of pyridine rings is 2. The maximum Gasteiger partial charge on any atom is 0.413 e. The topological polar surface area (TPSA) is 96.9 Å². The molecule has 5 rings (SSSR count). The van der Waals surface area contributed by atoms with Crippen LogP contribution in [-0.4, -0.2) is 78.2 Å². The molecule has 2 aromatic heterocycles. The largest absolute Gasteiger partial charge is 0.481 e. The van der Waals surface area contributed by atoms with Gasteiger partial charge in [-0.1, -0.05) is 12.1 Å². The second kappa shape index (κ2) is 12.1. The molecule has 0 spiro atoms. The van der Waals surface area contributed by atoms with Gasteiger partial charge in [-0.25, -0.2) is 4.98 Å². The summed E-state index contributed by atoms with van der Waals surface area (Å²) >= 11 is 0. The van der Waals surface area contributed by atoms with E-state index < -0.39 is 24.0 Å². The number of fused-ring (bicyclic) bond motifs is 1. The first-order chi connectivity index (χ1) is 20.1. The molecule has 0 aliphatic carbocycles. The Hall–Kier alpha value is -3.93. The van der Waals surface area contributed by atoms with Gasteiger partial charge in [0.25, 0.3) is 0 Å². The summed E-state index contributed by atoms with van der Waals surface area (Å²) in [5, 5.41) is 3.31. The van der Waals surface area contributed by atoms with Gasteiger partial charge in [0, 0.05) is 62.8 Å². The van der Waals surface area contributed by atoms with Crippen LogP contribution >= 0.6 is 0 Å². The summed E-state index contributed by atoms with van der Waals surface area (Å²) < 4.78 is 54.0. The van der Waals surface area contributed by atoms with Crippen LogP contribution in [0.1, 0.15) is 49.3 Å². The van der Waals surface area contributed by atoms with Crippen LogP contribution in [0.3, 0.4) is 0 Å². The maximum absolute atomic E-state index is 14.3. The average Bonchev–Trinajstić information content (AvgIpc) is 3.51. The summed E-state index contributed by atoms with van der Waals surface area (Å²) in [5.41, 5.74) is 3.49. The molecule has 2 amide bonds. The Labute approximate surface area is 242 Å². The number of carbonyl (C=O) groups excluding carboxylic acids is 2. The van der Waals surface area contributed by atoms with Crippen LogP contribution in [0.15, 0.2) is 42.6 Å². The van der Waals surface area contributed by atoms with Gasteiger partial charge >= 0.3 is 6.18 Å². The minimum absolute atomic E-state index is 0.0440. The number of piperidine rings is 1. The molecule has 2 saturated heterocycles. The van der Waals surface area contributed by atoms with Crippen molar-refractivity contribution in [3.05, 3.63) is 53.7 Å². The van der Waals surface area contributed by atoms with E-state index in [2.05, 4.69) is 15.3 Å². The smallest absolute Gasteiger partial charge is 0.413 e. The van der Waals surface area contributed by atoms with Gasteiger partial charge < -0.3 is 24.6 Å². The Morgan fingerprint density at radius 1 is 1.12 bits per heavy atom. The van der Waals surface area contributed by atoms with E-state index in [0.717, 1.165) is 16.9 Å². The fraction of sp³-hybridized carbons (Fsp3) is 0.467. The summed E-state index contributed by atoms with van der Waals surface area (Å²) in [5.74, 6) is -0.727. The van der Waals surface area contributed by atoms with E-state index >= 15 is 0 Å². The van der Waals surface area contributed by atoms with Crippen molar-refractivity contribution in [1.82, 2.24) is 19.8 Å². The molecule has 2 fully saturated rings. The summed E-state index contributed by atoms with van der Waals surface area (Å²) in [7, 11) is 2.74. The van der Waals surface area contributed by atoms with E-state index in [4.69, 9.17) is 9.47 Å². The van der Waals surface area contributed by atoms with E-state index in [0.29, 0.717) is 67.4 Å². The van der Waals surface area contributed by atoms with E-state index in [1.165, 1.54) is 26.1 Å². The first-order valence-corrected chi connectivity index (χ1v) is 13.9. The zero-order valence-corrected chi connectivity index (χ0v) is 23.8. The second-order valence-corrected chi connectivity index (χ2v) is 10.8. The number of nitrogens with one attached hydrogen (secondary N) is 1. The number of alkyl halides is 3. The van der Waals surface area contributed by atoms with Gasteiger partial charge in [0.15, 0.2) is 6.04 Å². The van der Waals surface area contributed by atoms with E-state index in [-0.39, 0.29) is 17.4 Å². The SMILES string of the molecule is COc1ccc2ncc(Nc3ccc([C@H](N(C)C(=O)C4CCN(C(C)=O)CC4)C(F)(F)F)cc3)c([C@H]3CCOC3)c2n1. The normalized spacial score (nSPS) is 18.6. The van der Waals surface area contributed by atoms with E-state index in [9.17, 15) is 22.8 Å². The summed E-state index contributed by atoms with van der Waals surface area (Å²) in [4.78, 5) is 36.3. The van der Waals surface area contributed by atoms with Gasteiger partial charge in [0.05, 0.1) is 36.6 Å². The zero-order valence-electron chi connectivity index (χ0n) is 23.8. The van der Waals surface area contributed by atoms with Gasteiger partial charge in [-0.3, -0.25) is 14.6 Å². The van der Waals surface area contributed by atoms with Crippen LogP contribution < -0.4 is 10.1 Å². The van der Waals surface area contributed by atoms with E-state index in [1.807, 2.05) is 6.07 Å². The lowest BCUT2D eigenvalue weighted by molar-refractivity contribution is -0.191. The number of hydrogen-bond acceptors (Lipinski definition) is 7. The molecule has 2 atom stereocenters. The van der Waals surface area contributed by atoms with Gasteiger partial charge in [0.2, 0.25) is 17.7 Å². The number of amides is 2. The van der Waals surface area contributed by atoms with Crippen molar-refractivity contribution in [3.8, 4) is 5.88 Å². The molecule has 0 unspecified atom stereocenters. The number of nitrogens with zero attached hydrogens (tertiary/aromatic N) is 4. The molecule has 1 N–H and O–H groups in total. The third-order valence-corrected chi connectivity index (χ3v) is 8.11. The number of benzene rings is 1. The van der Waals surface area contributed by atoms with Crippen molar-refractivity contribution in [1.29, 1.82) is 0 Å². The van der Waals surface area contributed by atoms with Crippen LogP contribution in [0.2, 0.25) is 0 Å². The maximum atomic E-state index is 14.3. The standard InChI is InChI=1S/C30H34F3N5O4/c1-18(39)38-13-10-20(11-14-38)29(40)37(2)28(30(31,32)33)19-4-6-22(7-5-19)35-24-16-34-23-8-9-25(41-3)36-27(23)26(24)21-12-15-42-17-21/h4-9,16,20-21,28,35H,10-15,17H2,1-3H3/t21-,28-/m0/s1. The van der Waals surface area contributed by atoms with Crippen molar-refractivity contribution in [2.24, 2.45) is 5.92 Å². The lowest BCUT2D eigenvalue weighted by atomic mass is 9.93. The Morgan fingerprint density at radius 2 is 1.83 bits per heavy atom. The van der Waals surface area contributed by atoms with Crippen molar-refractivity contribution in [2.45, 2.75) is 44.3 Å². The highest BCUT2D eigenvalue weighted by molar-refractivity contribution is 5.85. The molecule has 2 aliphatic heterocycles. The van der Waals surface area contributed by atoms with Crippen LogP contribution in [0.5, 0.6) is 5.88 Å². The van der Waals surface area contributed by atoms with Crippen LogP contribution in [0, 0.1) is 5.92 Å². The highest BCUT2D eigenvalue weighted by atomic mass is 19.4. The molecule has 12 heteroatoms. The fourth-order valence-electron chi connectivity index (χ4n) is 5.85. The minimum Gasteiger partial charge on any atom is -0.481 e. The first kappa shape index (κ1) is 29.6. The quantitative estimate of drug-likeness (QED) is 0.407. The first-order valence-electron chi connectivity index (χ1n) is 13.9. The van der Waals surface area contributed by atoms with Crippen molar-refractivity contribution in [2.75, 3.05) is 45.8 Å². The number of ether oxygens (including phenoxy) is 2. The summed E-state index contributed by atoms with van der Waals surface area (Å²) in [6, 6.07) is 7.37. The number of hydrogen-bond donors (Lipinski definition) is 1. The number of halogens is 3. The number of anilines is 2. The van der Waals surface area contributed by atoms with Gasteiger partial charge in [-0.2, -0.15) is 13.2 Å². The monoisotopic (exact) mass is 585 g/mol. The summed E-state index contributed by atoms with van der Waals surface area (Å²) in [6.45, 7) is 3.30. The van der Waals surface area contributed by atoms with Crippen molar-refractivity contribution in [3.63, 3.8) is 0 Å². The predicted molar refractivity (Wildman–Crippen MR) is 151 cm³/mol. The Kier molecular flexibility index (Phi) is 8.53. The highest BCUT2D eigenvalue weighted by Gasteiger charge is 2.46. The van der Waals surface area contributed by atoms with Crippen LogP contribution in [0.4, 0.5) is 24.5 Å². The molecule has 0 bridgehead atoms. The average molecular weight is 586 g/mol. The lowest BCUT2D eigenvalue weighted by Gasteiger charge is -2.36. The molecule has 9 nitrogen and oxygen atoms in total. The number of methoxy groups -OCH3 is 1. The van der Waals surface area contributed by atoms with Crippen molar-refractivity contribution < 1.29 is 32.2 Å². The molecule has 3 aromatic rings. The number of aromatic nitrogens is 2. The molecule has 1 aromatic carbocycles. The number of carbonyl (C=O) groups is 2. The third kappa shape index (κ3) is 6.13. The fourth-order valence-corrected chi connectivity index (χ4v) is 5.85. The van der Waals surface area contributed by atoms with Gasteiger partial charge in [0.1, 0.15) is 0 Å². The van der Waals surface area contributed by atoms with Crippen molar-refractivity contribution >= 4 is 34.2 Å². The number of rotatable bonds is 7. The zero-order chi connectivity index (χ0) is 30.0. The highest BCUT2D eigenvalue weighted by Crippen LogP contribution is 2.40. The van der Waals surface area contributed by atoms with E-state index in [1.54, 1.807) is 36.4 Å². The lowest BCUT2D eigenvalue weighted by Crippen LogP contribution is -2.46. The minimum atomic E-state index is -4.68. The molecular formula is C30H34F3N5O4. The predicted octanol–water partition coefficient (Wildman–Crippen LogP) is 5.21. The molecule has 224 valence electrons. The molecule has 2 aliphatic rings. The summed E-state index contributed by atoms with van der Waals surface area (Å²) in [6.07, 6.45) is -1.51. The molecular weight excluding hydrogens is 551 g/mol. The molecule has 4 heterocycles. The second-order valence-electron chi connectivity index (χ2n) is 10.8. The molecule has 0 radical (unpaired) electrons. The third-order valence-electron chi connectivity index (χ3n) is 8.11. The molecule has 42 heavy (non-hydrogen) atoms. The van der Waals surface area contributed by atoms with Gasteiger partial charge in [-0.05, 0) is 43.0 Å². The Balaban J connectivity index is 1.39. The molecule has 0 saturated carbocycles. The van der Waals surface area contributed by atoms with Crippen LogP contribution in [-0.2, 0) is 14.3 Å². The van der Waals surface area contributed by atoms with Gasteiger partial charge in [-0.15, -0.1) is 0 Å². The number of likely N-dealkylation sites (tertiary alicyclic amines) is 1. The Bertz CT molecular complexity index is 1440.